The molecule has 0 fully saturated rings. The number of hydrogen-bond donors (Lipinski definition) is 1. The maximum absolute atomic E-state index is 5.54. The van der Waals surface area contributed by atoms with Gasteiger partial charge in [0, 0.05) is 32.7 Å². The molecule has 1 unspecified atom stereocenters. The van der Waals surface area contributed by atoms with Crippen molar-refractivity contribution in [3.05, 3.63) is 0 Å². The summed E-state index contributed by atoms with van der Waals surface area (Å²) in [6.45, 7) is 4.01. The van der Waals surface area contributed by atoms with Crippen LogP contribution >= 0.6 is 12.2 Å². The van der Waals surface area contributed by atoms with Crippen LogP contribution in [0.5, 0.6) is 0 Å². The fourth-order valence-electron chi connectivity index (χ4n) is 1.48. The molecule has 0 amide bonds. The van der Waals surface area contributed by atoms with Gasteiger partial charge in [0.1, 0.15) is 0 Å². The second-order valence-electron chi connectivity index (χ2n) is 3.56. The van der Waals surface area contributed by atoms with Crippen LogP contribution < -0.4 is 5.73 Å². The Hall–Kier alpha value is -0.190. The van der Waals surface area contributed by atoms with Gasteiger partial charge in [-0.25, -0.2) is 0 Å². The van der Waals surface area contributed by atoms with Gasteiger partial charge >= 0.3 is 0 Å². The van der Waals surface area contributed by atoms with E-state index in [1.54, 1.807) is 7.11 Å². The molecule has 0 saturated heterocycles. The van der Waals surface area contributed by atoms with Gasteiger partial charge < -0.3 is 15.4 Å². The SMILES string of the molecule is CCC(CC(N)=S)N(C)CCCOC. The van der Waals surface area contributed by atoms with E-state index in [2.05, 4.69) is 18.9 Å². The molecule has 0 aromatic carbocycles. The van der Waals surface area contributed by atoms with E-state index in [0.717, 1.165) is 32.4 Å². The molecule has 0 heterocycles. The zero-order chi connectivity index (χ0) is 11.0. The van der Waals surface area contributed by atoms with Gasteiger partial charge in [-0.05, 0) is 19.9 Å². The molecule has 84 valence electrons. The van der Waals surface area contributed by atoms with Crippen LogP contribution in [0.1, 0.15) is 26.2 Å². The van der Waals surface area contributed by atoms with Gasteiger partial charge in [0.05, 0.1) is 4.99 Å². The predicted molar refractivity (Wildman–Crippen MR) is 64.6 cm³/mol. The molecule has 0 aliphatic carbocycles. The zero-order valence-corrected chi connectivity index (χ0v) is 10.3. The van der Waals surface area contributed by atoms with Crippen molar-refractivity contribution < 1.29 is 4.74 Å². The summed E-state index contributed by atoms with van der Waals surface area (Å²) in [6, 6.07) is 0.476. The first kappa shape index (κ1) is 13.8. The molecule has 0 saturated carbocycles. The average molecular weight is 218 g/mol. The number of methoxy groups -OCH3 is 1. The van der Waals surface area contributed by atoms with Crippen molar-refractivity contribution in [2.45, 2.75) is 32.2 Å². The summed E-state index contributed by atoms with van der Waals surface area (Å²) in [4.78, 5) is 2.91. The number of nitrogens with zero attached hydrogens (tertiary/aromatic N) is 1. The van der Waals surface area contributed by atoms with Crippen LogP contribution in [0.3, 0.4) is 0 Å². The van der Waals surface area contributed by atoms with E-state index >= 15 is 0 Å². The smallest absolute Gasteiger partial charge is 0.0743 e. The minimum absolute atomic E-state index is 0.476. The molecule has 2 N–H and O–H groups in total. The Morgan fingerprint density at radius 1 is 1.57 bits per heavy atom. The van der Waals surface area contributed by atoms with Gasteiger partial charge in [-0.3, -0.25) is 0 Å². The lowest BCUT2D eigenvalue weighted by Crippen LogP contribution is -2.35. The maximum Gasteiger partial charge on any atom is 0.0743 e. The molecule has 0 aromatic heterocycles. The first-order chi connectivity index (χ1) is 6.61. The van der Waals surface area contributed by atoms with E-state index < -0.39 is 0 Å². The molecule has 0 bridgehead atoms. The van der Waals surface area contributed by atoms with Crippen molar-refractivity contribution in [1.29, 1.82) is 0 Å². The number of nitrogens with two attached hydrogens (primary N) is 1. The highest BCUT2D eigenvalue weighted by Crippen LogP contribution is 2.07. The van der Waals surface area contributed by atoms with Crippen molar-refractivity contribution in [2.75, 3.05) is 27.3 Å². The van der Waals surface area contributed by atoms with Gasteiger partial charge in [-0.2, -0.15) is 0 Å². The van der Waals surface area contributed by atoms with Gasteiger partial charge in [0.25, 0.3) is 0 Å². The van der Waals surface area contributed by atoms with Crippen molar-refractivity contribution in [2.24, 2.45) is 5.73 Å². The number of hydrogen-bond acceptors (Lipinski definition) is 3. The average Bonchev–Trinajstić information content (AvgIpc) is 2.14. The summed E-state index contributed by atoms with van der Waals surface area (Å²) in [7, 11) is 3.84. The molecular weight excluding hydrogens is 196 g/mol. The highest BCUT2D eigenvalue weighted by molar-refractivity contribution is 7.80. The molecule has 0 rings (SSSR count). The zero-order valence-electron chi connectivity index (χ0n) is 9.45. The Morgan fingerprint density at radius 2 is 2.21 bits per heavy atom. The maximum atomic E-state index is 5.54. The highest BCUT2D eigenvalue weighted by Gasteiger charge is 2.12. The summed E-state index contributed by atoms with van der Waals surface area (Å²) in [6.07, 6.45) is 2.96. The van der Waals surface area contributed by atoms with Crippen molar-refractivity contribution >= 4 is 17.2 Å². The Balaban J connectivity index is 3.78. The fraction of sp³-hybridized carbons (Fsp3) is 0.900. The number of thiocarbonyl (C=S) groups is 1. The standard InChI is InChI=1S/C10H22N2OS/c1-4-9(8-10(11)14)12(2)6-5-7-13-3/h9H,4-8H2,1-3H3,(H2,11,14). The van der Waals surface area contributed by atoms with Gasteiger partial charge in [0.2, 0.25) is 0 Å². The summed E-state index contributed by atoms with van der Waals surface area (Å²) < 4.78 is 5.01. The molecular formula is C10H22N2OS. The van der Waals surface area contributed by atoms with Crippen molar-refractivity contribution in [3.8, 4) is 0 Å². The third kappa shape index (κ3) is 6.29. The lowest BCUT2D eigenvalue weighted by Gasteiger charge is -2.26. The molecule has 3 nitrogen and oxygen atoms in total. The third-order valence-electron chi connectivity index (χ3n) is 2.39. The summed E-state index contributed by atoms with van der Waals surface area (Å²) in [5.41, 5.74) is 5.54. The molecule has 14 heavy (non-hydrogen) atoms. The molecule has 0 spiro atoms. The second kappa shape index (κ2) is 8.15. The molecule has 0 aliphatic rings. The van der Waals surface area contributed by atoms with Crippen LogP contribution in [0.25, 0.3) is 0 Å². The van der Waals surface area contributed by atoms with Crippen LogP contribution in [0, 0.1) is 0 Å². The molecule has 0 aliphatic heterocycles. The van der Waals surface area contributed by atoms with E-state index in [9.17, 15) is 0 Å². The van der Waals surface area contributed by atoms with E-state index in [4.69, 9.17) is 22.7 Å². The lowest BCUT2D eigenvalue weighted by atomic mass is 10.1. The Bertz CT molecular complexity index is 164. The number of ether oxygens (including phenoxy) is 1. The summed E-state index contributed by atoms with van der Waals surface area (Å²) in [5.74, 6) is 0. The van der Waals surface area contributed by atoms with Crippen molar-refractivity contribution in [1.82, 2.24) is 4.90 Å². The lowest BCUT2D eigenvalue weighted by molar-refractivity contribution is 0.165. The normalized spacial score (nSPS) is 13.1. The number of rotatable bonds is 8. The topological polar surface area (TPSA) is 38.5 Å². The van der Waals surface area contributed by atoms with E-state index in [1.807, 2.05) is 0 Å². The largest absolute Gasteiger partial charge is 0.393 e. The van der Waals surface area contributed by atoms with Crippen LogP contribution in [-0.4, -0.2) is 43.2 Å². The van der Waals surface area contributed by atoms with Crippen LogP contribution in [-0.2, 0) is 4.74 Å². The predicted octanol–water partition coefficient (Wildman–Crippen LogP) is 1.41. The highest BCUT2D eigenvalue weighted by atomic mass is 32.1. The molecule has 0 radical (unpaired) electrons. The second-order valence-corrected chi connectivity index (χ2v) is 4.08. The van der Waals surface area contributed by atoms with Crippen molar-refractivity contribution in [3.63, 3.8) is 0 Å². The quantitative estimate of drug-likeness (QED) is 0.494. The molecule has 1 atom stereocenters. The van der Waals surface area contributed by atoms with Gasteiger partial charge in [-0.15, -0.1) is 0 Å². The monoisotopic (exact) mass is 218 g/mol. The summed E-state index contributed by atoms with van der Waals surface area (Å²) in [5, 5.41) is 0. The Kier molecular flexibility index (Phi) is 8.04. The van der Waals surface area contributed by atoms with Crippen LogP contribution in [0.2, 0.25) is 0 Å². The van der Waals surface area contributed by atoms with Gasteiger partial charge in [0.15, 0.2) is 0 Å². The van der Waals surface area contributed by atoms with E-state index in [1.165, 1.54) is 0 Å². The Morgan fingerprint density at radius 3 is 2.64 bits per heavy atom. The van der Waals surface area contributed by atoms with Crippen LogP contribution in [0.4, 0.5) is 0 Å². The first-order valence-electron chi connectivity index (χ1n) is 5.09. The Labute approximate surface area is 92.6 Å². The summed E-state index contributed by atoms with van der Waals surface area (Å²) >= 11 is 4.92. The van der Waals surface area contributed by atoms with E-state index in [-0.39, 0.29) is 0 Å². The fourth-order valence-corrected chi connectivity index (χ4v) is 1.68. The molecule has 4 heteroatoms. The van der Waals surface area contributed by atoms with Gasteiger partial charge in [-0.1, -0.05) is 19.1 Å². The van der Waals surface area contributed by atoms with E-state index in [0.29, 0.717) is 11.0 Å². The minimum atomic E-state index is 0.476. The third-order valence-corrected chi connectivity index (χ3v) is 2.56. The first-order valence-corrected chi connectivity index (χ1v) is 5.50. The minimum Gasteiger partial charge on any atom is -0.393 e. The molecule has 0 aromatic rings. The van der Waals surface area contributed by atoms with Crippen LogP contribution in [0.15, 0.2) is 0 Å².